The summed E-state index contributed by atoms with van der Waals surface area (Å²) >= 11 is 0. The fraction of sp³-hybridized carbons (Fsp3) is 0.857. The number of aliphatic hydroxyl groups excluding tert-OH is 1. The van der Waals surface area contributed by atoms with Crippen LogP contribution in [0.4, 0.5) is 0 Å². The third-order valence-corrected chi connectivity index (χ3v) is 0.761. The molecule has 0 saturated carbocycles. The standard InChI is InChI=1S/C7H15O2/c1-6(2)4-9-5-7(3)8/h6-8H,3-5H2,1-2H3. The molecule has 0 aromatic carbocycles. The van der Waals surface area contributed by atoms with Gasteiger partial charge in [0.05, 0.1) is 12.7 Å². The minimum Gasteiger partial charge on any atom is -0.391 e. The third kappa shape index (κ3) is 7.92. The Bertz CT molecular complexity index is 51.9. The topological polar surface area (TPSA) is 29.5 Å². The Hall–Kier alpha value is -0.0800. The van der Waals surface area contributed by atoms with Crippen LogP contribution in [-0.2, 0) is 4.74 Å². The number of aliphatic hydroxyl groups is 1. The normalized spacial score (nSPS) is 14.3. The second-order valence-electron chi connectivity index (χ2n) is 2.59. The van der Waals surface area contributed by atoms with Crippen molar-refractivity contribution in [3.63, 3.8) is 0 Å². The minimum absolute atomic E-state index is 0.345. The van der Waals surface area contributed by atoms with Crippen LogP contribution in [0.1, 0.15) is 13.8 Å². The summed E-state index contributed by atoms with van der Waals surface area (Å²) in [4.78, 5) is 0. The van der Waals surface area contributed by atoms with Crippen LogP contribution in [0.5, 0.6) is 0 Å². The van der Waals surface area contributed by atoms with Crippen molar-refractivity contribution in [3.05, 3.63) is 6.92 Å². The maximum atomic E-state index is 8.63. The second kappa shape index (κ2) is 4.77. The average molecular weight is 131 g/mol. The molecule has 2 heteroatoms. The molecule has 1 N–H and O–H groups in total. The third-order valence-electron chi connectivity index (χ3n) is 0.761. The van der Waals surface area contributed by atoms with Gasteiger partial charge in [0.1, 0.15) is 0 Å². The summed E-state index contributed by atoms with van der Waals surface area (Å²) in [5, 5.41) is 8.63. The van der Waals surface area contributed by atoms with Crippen molar-refractivity contribution >= 4 is 0 Å². The van der Waals surface area contributed by atoms with Gasteiger partial charge in [-0.25, -0.2) is 0 Å². The van der Waals surface area contributed by atoms with Gasteiger partial charge in [-0.05, 0) is 12.8 Å². The fourth-order valence-corrected chi connectivity index (χ4v) is 0.440. The van der Waals surface area contributed by atoms with Crippen LogP contribution in [0.25, 0.3) is 0 Å². The van der Waals surface area contributed by atoms with E-state index >= 15 is 0 Å². The molecular weight excluding hydrogens is 116 g/mol. The lowest BCUT2D eigenvalue weighted by atomic mass is 10.2. The van der Waals surface area contributed by atoms with Crippen molar-refractivity contribution < 1.29 is 9.84 Å². The Kier molecular flexibility index (Phi) is 4.72. The lowest BCUT2D eigenvalue weighted by Gasteiger charge is -2.07. The summed E-state index contributed by atoms with van der Waals surface area (Å²) in [6, 6.07) is 0. The van der Waals surface area contributed by atoms with Crippen molar-refractivity contribution in [2.75, 3.05) is 13.2 Å². The molecule has 0 aliphatic carbocycles. The van der Waals surface area contributed by atoms with E-state index < -0.39 is 6.10 Å². The van der Waals surface area contributed by atoms with Gasteiger partial charge in [0.2, 0.25) is 0 Å². The monoisotopic (exact) mass is 131 g/mol. The maximum Gasteiger partial charge on any atom is 0.0774 e. The highest BCUT2D eigenvalue weighted by atomic mass is 16.5. The Morgan fingerprint density at radius 1 is 1.44 bits per heavy atom. The first kappa shape index (κ1) is 8.92. The zero-order chi connectivity index (χ0) is 7.28. The summed E-state index contributed by atoms with van der Waals surface area (Å²) in [7, 11) is 0. The van der Waals surface area contributed by atoms with Gasteiger partial charge in [-0.3, -0.25) is 0 Å². The molecule has 0 fully saturated rings. The highest BCUT2D eigenvalue weighted by Gasteiger charge is 1.96. The summed E-state index contributed by atoms with van der Waals surface area (Å²) in [6.07, 6.45) is -0.580. The summed E-state index contributed by atoms with van der Waals surface area (Å²) < 4.78 is 5.04. The first-order chi connectivity index (χ1) is 4.13. The maximum absolute atomic E-state index is 8.63. The number of rotatable bonds is 4. The van der Waals surface area contributed by atoms with E-state index in [0.717, 1.165) is 0 Å². The molecule has 0 amide bonds. The van der Waals surface area contributed by atoms with Gasteiger partial charge >= 0.3 is 0 Å². The van der Waals surface area contributed by atoms with Crippen molar-refractivity contribution in [3.8, 4) is 0 Å². The molecule has 0 rings (SSSR count). The van der Waals surface area contributed by atoms with Crippen LogP contribution < -0.4 is 0 Å². The summed E-state index contributed by atoms with van der Waals surface area (Å²) in [5.74, 6) is 0.531. The van der Waals surface area contributed by atoms with Gasteiger partial charge in [0, 0.05) is 6.61 Å². The van der Waals surface area contributed by atoms with E-state index in [1.807, 2.05) is 0 Å². The Morgan fingerprint density at radius 3 is 2.33 bits per heavy atom. The zero-order valence-corrected chi connectivity index (χ0v) is 6.13. The molecular formula is C7H15O2. The summed E-state index contributed by atoms with van der Waals surface area (Å²) in [5.41, 5.74) is 0. The van der Waals surface area contributed by atoms with E-state index in [0.29, 0.717) is 19.1 Å². The molecule has 0 heterocycles. The van der Waals surface area contributed by atoms with Gasteiger partial charge in [0.25, 0.3) is 0 Å². The number of hydrogen-bond acceptors (Lipinski definition) is 2. The van der Waals surface area contributed by atoms with Gasteiger partial charge in [0.15, 0.2) is 0 Å². The largest absolute Gasteiger partial charge is 0.391 e. The molecule has 0 aromatic rings. The van der Waals surface area contributed by atoms with Gasteiger partial charge < -0.3 is 9.84 Å². The highest BCUT2D eigenvalue weighted by Crippen LogP contribution is 1.92. The van der Waals surface area contributed by atoms with Crippen LogP contribution in [0.2, 0.25) is 0 Å². The van der Waals surface area contributed by atoms with E-state index in [2.05, 4.69) is 20.8 Å². The molecule has 0 aliphatic rings. The highest BCUT2D eigenvalue weighted by molar-refractivity contribution is 4.53. The van der Waals surface area contributed by atoms with E-state index in [9.17, 15) is 0 Å². The predicted molar refractivity (Wildman–Crippen MR) is 37.0 cm³/mol. The van der Waals surface area contributed by atoms with Crippen LogP contribution >= 0.6 is 0 Å². The van der Waals surface area contributed by atoms with Crippen LogP contribution in [0.3, 0.4) is 0 Å². The lowest BCUT2D eigenvalue weighted by molar-refractivity contribution is 0.0452. The predicted octanol–water partition coefficient (Wildman–Crippen LogP) is 0.854. The van der Waals surface area contributed by atoms with Crippen molar-refractivity contribution in [1.29, 1.82) is 0 Å². The number of ether oxygens (including phenoxy) is 1. The smallest absolute Gasteiger partial charge is 0.0774 e. The average Bonchev–Trinajstić information content (AvgIpc) is 1.63. The van der Waals surface area contributed by atoms with Crippen molar-refractivity contribution in [2.24, 2.45) is 5.92 Å². The first-order valence-corrected chi connectivity index (χ1v) is 3.21. The molecule has 1 radical (unpaired) electrons. The Balaban J connectivity index is 2.91. The van der Waals surface area contributed by atoms with E-state index in [1.54, 1.807) is 0 Å². The van der Waals surface area contributed by atoms with Gasteiger partial charge in [-0.2, -0.15) is 0 Å². The van der Waals surface area contributed by atoms with Crippen LogP contribution in [0, 0.1) is 12.8 Å². The molecule has 0 spiro atoms. The Morgan fingerprint density at radius 2 is 2.00 bits per heavy atom. The molecule has 0 bridgehead atoms. The molecule has 9 heavy (non-hydrogen) atoms. The molecule has 0 aliphatic heterocycles. The summed E-state index contributed by atoms with van der Waals surface area (Å²) in [6.45, 7) is 8.54. The molecule has 0 aromatic heterocycles. The second-order valence-corrected chi connectivity index (χ2v) is 2.59. The zero-order valence-electron chi connectivity index (χ0n) is 6.13. The van der Waals surface area contributed by atoms with Gasteiger partial charge in [-0.15, -0.1) is 0 Å². The van der Waals surface area contributed by atoms with E-state index in [4.69, 9.17) is 9.84 Å². The molecule has 0 saturated heterocycles. The molecule has 2 nitrogen and oxygen atoms in total. The lowest BCUT2D eigenvalue weighted by Crippen LogP contribution is -2.13. The molecule has 55 valence electrons. The van der Waals surface area contributed by atoms with Crippen molar-refractivity contribution in [2.45, 2.75) is 20.0 Å². The van der Waals surface area contributed by atoms with E-state index in [-0.39, 0.29) is 0 Å². The van der Waals surface area contributed by atoms with E-state index in [1.165, 1.54) is 0 Å². The van der Waals surface area contributed by atoms with Gasteiger partial charge in [-0.1, -0.05) is 13.8 Å². The Labute approximate surface area is 56.8 Å². The van der Waals surface area contributed by atoms with Crippen LogP contribution in [-0.4, -0.2) is 24.4 Å². The number of hydrogen-bond donors (Lipinski definition) is 1. The minimum atomic E-state index is -0.580. The molecule has 1 unspecified atom stereocenters. The van der Waals surface area contributed by atoms with Crippen molar-refractivity contribution in [1.82, 2.24) is 0 Å². The van der Waals surface area contributed by atoms with Crippen LogP contribution in [0.15, 0.2) is 0 Å². The quantitative estimate of drug-likeness (QED) is 0.613. The SMILES string of the molecule is [CH2]C(O)COCC(C)C. The fourth-order valence-electron chi connectivity index (χ4n) is 0.440. The molecule has 1 atom stereocenters. The first-order valence-electron chi connectivity index (χ1n) is 3.21.